The van der Waals surface area contributed by atoms with Crippen molar-refractivity contribution >= 4 is 23.2 Å². The van der Waals surface area contributed by atoms with E-state index in [2.05, 4.69) is 0 Å². The lowest BCUT2D eigenvalue weighted by Crippen LogP contribution is -2.47. The molecule has 18 heavy (non-hydrogen) atoms. The predicted octanol–water partition coefficient (Wildman–Crippen LogP) is 3.78. The summed E-state index contributed by atoms with van der Waals surface area (Å²) in [5.41, 5.74) is 0.246. The van der Waals surface area contributed by atoms with Gasteiger partial charge >= 0.3 is 18.0 Å². The first-order valence-electron chi connectivity index (χ1n) is 4.58. The van der Waals surface area contributed by atoms with E-state index in [0.717, 1.165) is 0 Å². The van der Waals surface area contributed by atoms with Gasteiger partial charge in [-0.3, -0.25) is 4.79 Å². The molecule has 0 radical (unpaired) electrons. The Morgan fingerprint density at radius 3 is 2.28 bits per heavy atom. The second-order valence-electron chi connectivity index (χ2n) is 3.51. The zero-order valence-corrected chi connectivity index (χ0v) is 9.66. The summed E-state index contributed by atoms with van der Waals surface area (Å²) in [5.74, 6) is -7.94. The lowest BCUT2D eigenvalue weighted by molar-refractivity contribution is -0.267. The normalized spacial score (nSPS) is 12.4. The van der Waals surface area contributed by atoms with Crippen LogP contribution in [0.5, 0.6) is 0 Å². The van der Waals surface area contributed by atoms with E-state index in [4.69, 9.17) is 11.6 Å². The monoisotopic (exact) mass is 287 g/mol. The molecule has 1 amide bonds. The van der Waals surface area contributed by atoms with E-state index in [1.807, 2.05) is 0 Å². The molecule has 0 aliphatic rings. The molecule has 0 aliphatic carbocycles. The van der Waals surface area contributed by atoms with Crippen molar-refractivity contribution in [2.24, 2.45) is 0 Å². The van der Waals surface area contributed by atoms with Gasteiger partial charge in [0.2, 0.25) is 0 Å². The van der Waals surface area contributed by atoms with Gasteiger partial charge < -0.3 is 5.32 Å². The molecule has 0 aliphatic heterocycles. The molecule has 1 aromatic carbocycles. The maximum absolute atomic E-state index is 12.7. The van der Waals surface area contributed by atoms with Gasteiger partial charge in [0.15, 0.2) is 0 Å². The minimum atomic E-state index is -5.95. The number of alkyl halides is 5. The average molecular weight is 288 g/mol. The summed E-state index contributed by atoms with van der Waals surface area (Å²) in [5, 5.41) is 1.32. The average Bonchev–Trinajstić information content (AvgIpc) is 2.21. The topological polar surface area (TPSA) is 29.1 Å². The van der Waals surface area contributed by atoms with Crippen LogP contribution < -0.4 is 5.32 Å². The number of amides is 1. The van der Waals surface area contributed by atoms with Crippen molar-refractivity contribution in [1.29, 1.82) is 0 Å². The fourth-order valence-electron chi connectivity index (χ4n) is 1.06. The molecule has 2 nitrogen and oxygen atoms in total. The van der Waals surface area contributed by atoms with E-state index in [9.17, 15) is 26.7 Å². The summed E-state index contributed by atoms with van der Waals surface area (Å²) >= 11 is 5.56. The van der Waals surface area contributed by atoms with Crippen LogP contribution in [0.3, 0.4) is 0 Å². The quantitative estimate of drug-likeness (QED) is 0.824. The number of aryl methyl sites for hydroxylation is 1. The third kappa shape index (κ3) is 2.90. The predicted molar refractivity (Wildman–Crippen MR) is 55.8 cm³/mol. The van der Waals surface area contributed by atoms with Crippen LogP contribution in [0.1, 0.15) is 5.56 Å². The van der Waals surface area contributed by atoms with E-state index in [1.165, 1.54) is 23.5 Å². The van der Waals surface area contributed by atoms with E-state index in [0.29, 0.717) is 5.56 Å². The Balaban J connectivity index is 2.98. The van der Waals surface area contributed by atoms with Crippen molar-refractivity contribution in [1.82, 2.24) is 0 Å². The summed E-state index contributed by atoms with van der Waals surface area (Å²) in [6.45, 7) is 1.56. The summed E-state index contributed by atoms with van der Waals surface area (Å²) in [6, 6.07) is 3.98. The van der Waals surface area contributed by atoms with E-state index < -0.39 is 18.0 Å². The van der Waals surface area contributed by atoms with E-state index in [-0.39, 0.29) is 10.7 Å². The highest BCUT2D eigenvalue weighted by Crippen LogP contribution is 2.36. The summed E-state index contributed by atoms with van der Waals surface area (Å²) in [6.07, 6.45) is -5.95. The molecule has 0 saturated heterocycles. The van der Waals surface area contributed by atoms with Gasteiger partial charge in [-0.05, 0) is 24.6 Å². The second-order valence-corrected chi connectivity index (χ2v) is 3.92. The maximum Gasteiger partial charge on any atom is 0.463 e. The largest absolute Gasteiger partial charge is 0.463 e. The Labute approximate surface area is 104 Å². The molecule has 0 fully saturated rings. The first-order valence-corrected chi connectivity index (χ1v) is 4.95. The summed E-state index contributed by atoms with van der Waals surface area (Å²) < 4.78 is 61.1. The fourth-order valence-corrected chi connectivity index (χ4v) is 1.23. The first kappa shape index (κ1) is 14.7. The number of hydrogen-bond donors (Lipinski definition) is 1. The number of carbonyl (C=O) groups excluding carboxylic acids is 1. The minimum absolute atomic E-state index is 0.132. The van der Waals surface area contributed by atoms with Gasteiger partial charge in [0.05, 0.1) is 10.7 Å². The van der Waals surface area contributed by atoms with Crippen molar-refractivity contribution in [3.05, 3.63) is 28.8 Å². The molecule has 1 rings (SSSR count). The molecule has 0 aromatic heterocycles. The van der Waals surface area contributed by atoms with Crippen molar-refractivity contribution in [2.75, 3.05) is 5.32 Å². The molecule has 100 valence electrons. The smallest absolute Gasteiger partial charge is 0.319 e. The van der Waals surface area contributed by atoms with E-state index >= 15 is 0 Å². The first-order chi connectivity index (χ1) is 8.05. The highest BCUT2D eigenvalue weighted by molar-refractivity contribution is 6.33. The fraction of sp³-hybridized carbons (Fsp3) is 0.300. The van der Waals surface area contributed by atoms with Crippen LogP contribution in [0.2, 0.25) is 5.02 Å². The van der Waals surface area contributed by atoms with Crippen LogP contribution in [-0.4, -0.2) is 18.0 Å². The molecule has 0 atom stereocenters. The molecule has 0 unspecified atom stereocenters. The zero-order chi connectivity index (χ0) is 14.1. The number of benzene rings is 1. The Kier molecular flexibility index (Phi) is 3.85. The minimum Gasteiger partial charge on any atom is -0.319 e. The van der Waals surface area contributed by atoms with Crippen molar-refractivity contribution in [3.8, 4) is 0 Å². The van der Waals surface area contributed by atoms with Crippen molar-refractivity contribution in [2.45, 2.75) is 19.0 Å². The van der Waals surface area contributed by atoms with Crippen molar-refractivity contribution in [3.63, 3.8) is 0 Å². The number of carbonyl (C=O) groups is 1. The molecule has 0 spiro atoms. The van der Waals surface area contributed by atoms with Gasteiger partial charge in [0, 0.05) is 0 Å². The van der Waals surface area contributed by atoms with E-state index in [1.54, 1.807) is 6.92 Å². The molecular formula is C10H7ClF5NO. The van der Waals surface area contributed by atoms with Crippen LogP contribution in [0.15, 0.2) is 18.2 Å². The molecule has 1 N–H and O–H groups in total. The molecule has 1 aromatic rings. The zero-order valence-electron chi connectivity index (χ0n) is 8.91. The highest BCUT2D eigenvalue weighted by Gasteiger charge is 2.63. The van der Waals surface area contributed by atoms with Crippen LogP contribution in [0.4, 0.5) is 27.6 Å². The molecule has 8 heteroatoms. The number of nitrogens with one attached hydrogen (secondary N) is 1. The summed E-state index contributed by atoms with van der Waals surface area (Å²) in [7, 11) is 0. The van der Waals surface area contributed by atoms with Crippen molar-refractivity contribution < 1.29 is 26.7 Å². The number of rotatable bonds is 2. The highest BCUT2D eigenvalue weighted by atomic mass is 35.5. The van der Waals surface area contributed by atoms with Crippen LogP contribution >= 0.6 is 11.6 Å². The second kappa shape index (κ2) is 4.72. The standard InChI is InChI=1S/C10H7ClF5NO/c1-5-2-3-6(11)7(4-5)17-8(18)9(12,13)10(14,15)16/h2-4H,1H3,(H,17,18). The molecule has 0 saturated carbocycles. The van der Waals surface area contributed by atoms with Gasteiger partial charge in [-0.1, -0.05) is 17.7 Å². The maximum atomic E-state index is 12.7. The lowest BCUT2D eigenvalue weighted by atomic mass is 10.2. The number of hydrogen-bond acceptors (Lipinski definition) is 1. The molecule has 0 bridgehead atoms. The van der Waals surface area contributed by atoms with Gasteiger partial charge in [0.1, 0.15) is 0 Å². The van der Waals surface area contributed by atoms with Gasteiger partial charge in [0.25, 0.3) is 0 Å². The lowest BCUT2D eigenvalue weighted by Gasteiger charge is -2.19. The number of anilines is 1. The Morgan fingerprint density at radius 1 is 1.22 bits per heavy atom. The SMILES string of the molecule is Cc1ccc(Cl)c(NC(=O)C(F)(F)C(F)(F)F)c1. The summed E-state index contributed by atoms with van der Waals surface area (Å²) in [4.78, 5) is 10.9. The molecule has 0 heterocycles. The third-order valence-corrected chi connectivity index (χ3v) is 2.34. The Bertz CT molecular complexity index is 472. The Morgan fingerprint density at radius 2 is 1.78 bits per heavy atom. The Hall–Kier alpha value is -1.37. The number of halogens is 6. The van der Waals surface area contributed by atoms with Crippen LogP contribution in [0.25, 0.3) is 0 Å². The van der Waals surface area contributed by atoms with Crippen LogP contribution in [0, 0.1) is 6.92 Å². The van der Waals surface area contributed by atoms with Gasteiger partial charge in [-0.15, -0.1) is 0 Å². The third-order valence-electron chi connectivity index (χ3n) is 2.01. The van der Waals surface area contributed by atoms with Gasteiger partial charge in [-0.25, -0.2) is 0 Å². The van der Waals surface area contributed by atoms with Gasteiger partial charge in [-0.2, -0.15) is 22.0 Å². The van der Waals surface area contributed by atoms with Crippen LogP contribution in [-0.2, 0) is 4.79 Å². The molecular weight excluding hydrogens is 281 g/mol.